The van der Waals surface area contributed by atoms with Crippen LogP contribution < -0.4 is 0 Å². The van der Waals surface area contributed by atoms with E-state index in [9.17, 15) is 0 Å². The van der Waals surface area contributed by atoms with Crippen LogP contribution in [0.5, 0.6) is 0 Å². The predicted molar refractivity (Wildman–Crippen MR) is 71.4 cm³/mol. The zero-order valence-electron chi connectivity index (χ0n) is 12.6. The third kappa shape index (κ3) is 10.7. The zero-order chi connectivity index (χ0) is 13.5. The van der Waals surface area contributed by atoms with Crippen LogP contribution in [-0.4, -0.2) is 37.6 Å². The van der Waals surface area contributed by atoms with E-state index >= 15 is 0 Å². The Kier molecular flexibility index (Phi) is 8.01. The summed E-state index contributed by atoms with van der Waals surface area (Å²) in [5.41, 5.74) is -0.106. The minimum atomic E-state index is -0.106. The van der Waals surface area contributed by atoms with Crippen LogP contribution in [-0.2, 0) is 14.2 Å². The van der Waals surface area contributed by atoms with E-state index in [4.69, 9.17) is 14.2 Å². The molecule has 0 bridgehead atoms. The highest BCUT2D eigenvalue weighted by molar-refractivity contribution is 4.62. The van der Waals surface area contributed by atoms with Crippen molar-refractivity contribution in [1.82, 2.24) is 0 Å². The summed E-state index contributed by atoms with van der Waals surface area (Å²) in [5, 5.41) is 0. The van der Waals surface area contributed by atoms with Crippen LogP contribution in [0.1, 0.15) is 48.5 Å². The maximum absolute atomic E-state index is 5.74. The van der Waals surface area contributed by atoms with Gasteiger partial charge in [-0.25, -0.2) is 0 Å². The molecule has 3 nitrogen and oxygen atoms in total. The highest BCUT2D eigenvalue weighted by Crippen LogP contribution is 2.10. The molecule has 17 heavy (non-hydrogen) atoms. The Morgan fingerprint density at radius 2 is 1.53 bits per heavy atom. The average molecular weight is 246 g/mol. The molecule has 0 aliphatic carbocycles. The number of rotatable bonds is 8. The molecule has 2 unspecified atom stereocenters. The molecule has 0 aromatic carbocycles. The minimum absolute atomic E-state index is 0.106. The van der Waals surface area contributed by atoms with Gasteiger partial charge in [0.2, 0.25) is 0 Å². The monoisotopic (exact) mass is 246 g/mol. The second-order valence-electron chi connectivity index (χ2n) is 5.94. The van der Waals surface area contributed by atoms with E-state index < -0.39 is 0 Å². The largest absolute Gasteiger partial charge is 0.376 e. The standard InChI is InChI=1S/C14H30O3/c1-11(2)13(4)16-9-8-15-10-12(3)17-14(5,6)7/h11-13H,8-10H2,1-7H3. The smallest absolute Gasteiger partial charge is 0.0787 e. The molecule has 0 heterocycles. The molecule has 0 rings (SSSR count). The topological polar surface area (TPSA) is 27.7 Å². The zero-order valence-corrected chi connectivity index (χ0v) is 12.6. The normalized spacial score (nSPS) is 16.2. The first-order valence-electron chi connectivity index (χ1n) is 6.59. The first kappa shape index (κ1) is 16.9. The van der Waals surface area contributed by atoms with Crippen molar-refractivity contribution < 1.29 is 14.2 Å². The van der Waals surface area contributed by atoms with Crippen LogP contribution in [0.4, 0.5) is 0 Å². The van der Waals surface area contributed by atoms with Crippen LogP contribution in [0.3, 0.4) is 0 Å². The molecule has 0 spiro atoms. The molecule has 3 heteroatoms. The lowest BCUT2D eigenvalue weighted by Gasteiger charge is -2.25. The van der Waals surface area contributed by atoms with Crippen LogP contribution >= 0.6 is 0 Å². The second-order valence-corrected chi connectivity index (χ2v) is 5.94. The maximum atomic E-state index is 5.74. The fourth-order valence-corrected chi connectivity index (χ4v) is 1.37. The summed E-state index contributed by atoms with van der Waals surface area (Å²) in [6.07, 6.45) is 0.416. The molecular formula is C14H30O3. The van der Waals surface area contributed by atoms with Crippen molar-refractivity contribution in [3.8, 4) is 0 Å². The Morgan fingerprint density at radius 1 is 0.941 bits per heavy atom. The SMILES string of the molecule is CC(COCCOC(C)C(C)C)OC(C)(C)C. The molecule has 2 atom stereocenters. The van der Waals surface area contributed by atoms with Crippen molar-refractivity contribution in [1.29, 1.82) is 0 Å². The highest BCUT2D eigenvalue weighted by Gasteiger charge is 2.15. The summed E-state index contributed by atoms with van der Waals surface area (Å²) in [5.74, 6) is 0.554. The number of ether oxygens (including phenoxy) is 3. The van der Waals surface area contributed by atoms with Crippen molar-refractivity contribution in [2.75, 3.05) is 19.8 Å². The van der Waals surface area contributed by atoms with Crippen LogP contribution in [0.25, 0.3) is 0 Å². The van der Waals surface area contributed by atoms with Crippen molar-refractivity contribution in [3.05, 3.63) is 0 Å². The number of hydrogen-bond donors (Lipinski definition) is 0. The number of hydrogen-bond acceptors (Lipinski definition) is 3. The second kappa shape index (κ2) is 8.06. The van der Waals surface area contributed by atoms with Gasteiger partial charge < -0.3 is 14.2 Å². The Labute approximate surface area is 107 Å². The minimum Gasteiger partial charge on any atom is -0.376 e. The average Bonchev–Trinajstić information content (AvgIpc) is 2.13. The van der Waals surface area contributed by atoms with Gasteiger partial charge in [0.1, 0.15) is 0 Å². The molecule has 0 amide bonds. The summed E-state index contributed by atoms with van der Waals surface area (Å²) in [4.78, 5) is 0. The molecule has 0 aliphatic heterocycles. The van der Waals surface area contributed by atoms with Gasteiger partial charge in [0.05, 0.1) is 37.6 Å². The van der Waals surface area contributed by atoms with Gasteiger partial charge in [-0.15, -0.1) is 0 Å². The van der Waals surface area contributed by atoms with E-state index in [0.717, 1.165) is 0 Å². The molecule has 0 aliphatic rings. The highest BCUT2D eigenvalue weighted by atomic mass is 16.6. The Morgan fingerprint density at radius 3 is 2.00 bits per heavy atom. The summed E-state index contributed by atoms with van der Waals surface area (Å²) in [7, 11) is 0. The first-order valence-corrected chi connectivity index (χ1v) is 6.59. The molecule has 0 radical (unpaired) electrons. The molecule has 104 valence electrons. The van der Waals surface area contributed by atoms with E-state index in [-0.39, 0.29) is 11.7 Å². The molecule has 0 fully saturated rings. The van der Waals surface area contributed by atoms with Gasteiger partial charge >= 0.3 is 0 Å². The Balaban J connectivity index is 3.46. The van der Waals surface area contributed by atoms with Gasteiger partial charge in [0.15, 0.2) is 0 Å². The maximum Gasteiger partial charge on any atom is 0.0787 e. The Hall–Kier alpha value is -0.120. The van der Waals surface area contributed by atoms with Crippen LogP contribution in [0.2, 0.25) is 0 Å². The van der Waals surface area contributed by atoms with Gasteiger partial charge in [0, 0.05) is 0 Å². The van der Waals surface area contributed by atoms with Crippen LogP contribution in [0, 0.1) is 5.92 Å². The van der Waals surface area contributed by atoms with Gasteiger partial charge in [-0.1, -0.05) is 13.8 Å². The van der Waals surface area contributed by atoms with Crippen molar-refractivity contribution in [3.63, 3.8) is 0 Å². The molecule has 0 aromatic heterocycles. The van der Waals surface area contributed by atoms with Gasteiger partial charge in [0.25, 0.3) is 0 Å². The van der Waals surface area contributed by atoms with Crippen LogP contribution in [0.15, 0.2) is 0 Å². The Bertz CT molecular complexity index is 184. The van der Waals surface area contributed by atoms with Gasteiger partial charge in [-0.2, -0.15) is 0 Å². The molecule has 0 aromatic rings. The molecular weight excluding hydrogens is 216 g/mol. The molecule has 0 saturated heterocycles. The first-order chi connectivity index (χ1) is 7.72. The van der Waals surface area contributed by atoms with Crippen molar-refractivity contribution in [2.45, 2.75) is 66.3 Å². The van der Waals surface area contributed by atoms with E-state index in [2.05, 4.69) is 41.5 Å². The summed E-state index contributed by atoms with van der Waals surface area (Å²) < 4.78 is 16.9. The van der Waals surface area contributed by atoms with Gasteiger partial charge in [-0.05, 0) is 40.5 Å². The van der Waals surface area contributed by atoms with E-state index in [0.29, 0.717) is 31.8 Å². The van der Waals surface area contributed by atoms with Crippen molar-refractivity contribution in [2.24, 2.45) is 5.92 Å². The van der Waals surface area contributed by atoms with E-state index in [1.807, 2.05) is 6.92 Å². The lowest BCUT2D eigenvalue weighted by molar-refractivity contribution is -0.0918. The summed E-state index contributed by atoms with van der Waals surface area (Å²) in [6.45, 7) is 16.5. The fourth-order valence-electron chi connectivity index (χ4n) is 1.37. The fraction of sp³-hybridized carbons (Fsp3) is 1.00. The molecule has 0 saturated carbocycles. The quantitative estimate of drug-likeness (QED) is 0.615. The van der Waals surface area contributed by atoms with Gasteiger partial charge in [-0.3, -0.25) is 0 Å². The van der Waals surface area contributed by atoms with Crippen molar-refractivity contribution >= 4 is 0 Å². The summed E-state index contributed by atoms with van der Waals surface area (Å²) in [6, 6.07) is 0. The lowest BCUT2D eigenvalue weighted by atomic mass is 10.1. The third-order valence-electron chi connectivity index (χ3n) is 2.45. The summed E-state index contributed by atoms with van der Waals surface area (Å²) >= 11 is 0. The third-order valence-corrected chi connectivity index (χ3v) is 2.45. The van der Waals surface area contributed by atoms with E-state index in [1.165, 1.54) is 0 Å². The lowest BCUT2D eigenvalue weighted by Crippen LogP contribution is -2.29. The molecule has 0 N–H and O–H groups in total. The van der Waals surface area contributed by atoms with E-state index in [1.54, 1.807) is 0 Å². The predicted octanol–water partition coefficient (Wildman–Crippen LogP) is 3.27.